The molecule has 1 heteroatoms. The van der Waals surface area contributed by atoms with Crippen molar-refractivity contribution in [2.45, 2.75) is 14.9 Å². The molecule has 0 radical (unpaired) electrons. The number of hydrogen-bond acceptors (Lipinski definition) is 0. The summed E-state index contributed by atoms with van der Waals surface area (Å²) in [6.07, 6.45) is 14.0. The van der Waals surface area contributed by atoms with Crippen molar-refractivity contribution in [3.63, 3.8) is 0 Å². The summed E-state index contributed by atoms with van der Waals surface area (Å²) in [5, 5.41) is 0. The van der Waals surface area contributed by atoms with Crippen LogP contribution in [0.2, 0.25) is 14.9 Å². The van der Waals surface area contributed by atoms with Crippen LogP contribution in [0.25, 0.3) is 18.2 Å². The summed E-state index contributed by atoms with van der Waals surface area (Å²) in [7, 11) is 0. The van der Waals surface area contributed by atoms with Crippen LogP contribution in [0.15, 0.2) is 109 Å². The third kappa shape index (κ3) is 7.64. The molecule has 0 fully saturated rings. The van der Waals surface area contributed by atoms with Gasteiger partial charge in [0.25, 0.3) is 0 Å². The zero-order valence-corrected chi connectivity index (χ0v) is 18.7. The van der Waals surface area contributed by atoms with E-state index in [1.165, 1.54) is 31.6 Å². The molecule has 0 heterocycles. The fourth-order valence-corrected chi connectivity index (χ4v) is 7.66. The van der Waals surface area contributed by atoms with Crippen LogP contribution in [0.5, 0.6) is 0 Å². The zero-order valence-electron chi connectivity index (χ0n) is 16.3. The SMILES string of the molecule is C(=C\c1ccccc1)/[CH2][Ga]([CH2]/C=C/c1ccccc1)[CH2]/C=C/c1ccccc1. The second kappa shape index (κ2) is 12.1. The minimum absolute atomic E-state index is 1.26. The van der Waals surface area contributed by atoms with Gasteiger partial charge in [0, 0.05) is 0 Å². The third-order valence-corrected chi connectivity index (χ3v) is 10.6. The van der Waals surface area contributed by atoms with E-state index in [9.17, 15) is 0 Å². The Kier molecular flexibility index (Phi) is 8.73. The Bertz CT molecular complexity index is 755. The van der Waals surface area contributed by atoms with Crippen molar-refractivity contribution in [3.05, 3.63) is 126 Å². The van der Waals surface area contributed by atoms with E-state index in [-0.39, 0.29) is 0 Å². The monoisotopic (exact) mass is 420 g/mol. The quantitative estimate of drug-likeness (QED) is 0.312. The molecule has 3 rings (SSSR count). The first-order chi connectivity index (χ1) is 13.9. The van der Waals surface area contributed by atoms with Crippen LogP contribution in [0.4, 0.5) is 0 Å². The van der Waals surface area contributed by atoms with Gasteiger partial charge in [-0.25, -0.2) is 0 Å². The van der Waals surface area contributed by atoms with Crippen molar-refractivity contribution >= 4 is 34.4 Å². The Labute approximate surface area is 175 Å². The summed E-state index contributed by atoms with van der Waals surface area (Å²) in [6.45, 7) is 0. The Morgan fingerprint density at radius 2 is 0.714 bits per heavy atom. The molecular formula is C27H27Ga. The van der Waals surface area contributed by atoms with Gasteiger partial charge in [-0.05, 0) is 0 Å². The number of allylic oxidation sites excluding steroid dienone is 3. The Balaban J connectivity index is 1.59. The fourth-order valence-electron chi connectivity index (χ4n) is 3.17. The predicted molar refractivity (Wildman–Crippen MR) is 127 cm³/mol. The van der Waals surface area contributed by atoms with Gasteiger partial charge in [-0.1, -0.05) is 0 Å². The summed E-state index contributed by atoms with van der Waals surface area (Å²) < 4.78 is 0. The number of hydrogen-bond donors (Lipinski definition) is 0. The minimum atomic E-state index is -1.45. The zero-order chi connectivity index (χ0) is 19.3. The van der Waals surface area contributed by atoms with Gasteiger partial charge in [0.05, 0.1) is 0 Å². The second-order valence-electron chi connectivity index (χ2n) is 7.01. The maximum absolute atomic E-state index is 2.40. The topological polar surface area (TPSA) is 0 Å². The summed E-state index contributed by atoms with van der Waals surface area (Å²) >= 11 is -1.45. The summed E-state index contributed by atoms with van der Waals surface area (Å²) in [5.41, 5.74) is 3.88. The second-order valence-corrected chi connectivity index (χ2v) is 13.6. The van der Waals surface area contributed by atoms with Crippen LogP contribution in [0.1, 0.15) is 16.7 Å². The van der Waals surface area contributed by atoms with E-state index in [0.29, 0.717) is 0 Å². The van der Waals surface area contributed by atoms with Crippen molar-refractivity contribution in [3.8, 4) is 0 Å². The van der Waals surface area contributed by atoms with Crippen LogP contribution in [-0.4, -0.2) is 16.2 Å². The molecule has 0 aromatic heterocycles. The van der Waals surface area contributed by atoms with Crippen molar-refractivity contribution in [1.29, 1.82) is 0 Å². The molecule has 0 aliphatic carbocycles. The molecule has 0 atom stereocenters. The van der Waals surface area contributed by atoms with Crippen LogP contribution < -0.4 is 0 Å². The van der Waals surface area contributed by atoms with Crippen molar-refractivity contribution in [2.75, 3.05) is 0 Å². The molecule has 0 aliphatic heterocycles. The van der Waals surface area contributed by atoms with Gasteiger partial charge in [0.1, 0.15) is 0 Å². The van der Waals surface area contributed by atoms with E-state index in [1.807, 2.05) is 0 Å². The molecule has 0 amide bonds. The average molecular weight is 421 g/mol. The van der Waals surface area contributed by atoms with Crippen molar-refractivity contribution in [1.82, 2.24) is 0 Å². The number of rotatable bonds is 9. The standard InChI is InChI=1S/3C9H9.Ga/c3*1-2-6-9-7-4-3-5-8-9;/h3*2-8H,1H2;/b3*6-2+;. The van der Waals surface area contributed by atoms with Gasteiger partial charge in [-0.15, -0.1) is 0 Å². The fraction of sp³-hybridized carbons (Fsp3) is 0.111. The van der Waals surface area contributed by atoms with Crippen molar-refractivity contribution < 1.29 is 0 Å². The van der Waals surface area contributed by atoms with Gasteiger partial charge < -0.3 is 0 Å². The molecule has 0 unspecified atom stereocenters. The first-order valence-electron chi connectivity index (χ1n) is 10.0. The predicted octanol–water partition coefficient (Wildman–Crippen LogP) is 7.62. The van der Waals surface area contributed by atoms with Crippen LogP contribution in [0, 0.1) is 0 Å². The maximum atomic E-state index is 2.40. The molecule has 0 bridgehead atoms. The molecule has 0 N–H and O–H groups in total. The Morgan fingerprint density at radius 3 is 1.00 bits per heavy atom. The van der Waals surface area contributed by atoms with E-state index in [0.717, 1.165) is 0 Å². The summed E-state index contributed by atoms with van der Waals surface area (Å²) in [6, 6.07) is 31.8. The molecule has 3 aromatic carbocycles. The molecule has 0 saturated carbocycles. The van der Waals surface area contributed by atoms with E-state index >= 15 is 0 Å². The van der Waals surface area contributed by atoms with E-state index in [2.05, 4.69) is 127 Å². The number of benzene rings is 3. The molecule has 0 nitrogen and oxygen atoms in total. The van der Waals surface area contributed by atoms with Crippen LogP contribution in [-0.2, 0) is 0 Å². The normalized spacial score (nSPS) is 11.6. The summed E-state index contributed by atoms with van der Waals surface area (Å²) in [5.74, 6) is 0. The molecule has 0 spiro atoms. The summed E-state index contributed by atoms with van der Waals surface area (Å²) in [4.78, 5) is 3.79. The van der Waals surface area contributed by atoms with Crippen LogP contribution >= 0.6 is 0 Å². The third-order valence-electron chi connectivity index (χ3n) is 4.74. The molecule has 0 aliphatic rings. The molecule has 3 aromatic rings. The van der Waals surface area contributed by atoms with Gasteiger partial charge in [-0.3, -0.25) is 0 Å². The molecule has 138 valence electrons. The Morgan fingerprint density at radius 1 is 0.429 bits per heavy atom. The van der Waals surface area contributed by atoms with E-state index in [1.54, 1.807) is 0 Å². The Hall–Kier alpha value is -2.48. The molecule has 0 saturated heterocycles. The van der Waals surface area contributed by atoms with E-state index in [4.69, 9.17) is 0 Å². The van der Waals surface area contributed by atoms with Gasteiger partial charge >= 0.3 is 175 Å². The first-order valence-corrected chi connectivity index (χ1v) is 15.2. The van der Waals surface area contributed by atoms with E-state index < -0.39 is 16.2 Å². The van der Waals surface area contributed by atoms with Crippen molar-refractivity contribution in [2.24, 2.45) is 0 Å². The van der Waals surface area contributed by atoms with Crippen LogP contribution in [0.3, 0.4) is 0 Å². The van der Waals surface area contributed by atoms with Gasteiger partial charge in [-0.2, -0.15) is 0 Å². The first kappa shape index (κ1) is 20.3. The van der Waals surface area contributed by atoms with Gasteiger partial charge in [0.2, 0.25) is 0 Å². The average Bonchev–Trinajstić information content (AvgIpc) is 2.76. The molecule has 28 heavy (non-hydrogen) atoms. The molecular weight excluding hydrogens is 394 g/mol. The van der Waals surface area contributed by atoms with Gasteiger partial charge in [0.15, 0.2) is 0 Å².